The van der Waals surface area contributed by atoms with E-state index in [1.165, 1.54) is 5.39 Å². The molecule has 0 unspecified atom stereocenters. The Morgan fingerprint density at radius 1 is 1.17 bits per heavy atom. The van der Waals surface area contributed by atoms with E-state index in [0.717, 1.165) is 11.1 Å². The van der Waals surface area contributed by atoms with E-state index < -0.39 is 0 Å². The maximum atomic E-state index is 11.7. The molecule has 0 aliphatic rings. The normalized spacial score (nSPS) is 12.1. The molecule has 0 aromatic heterocycles. The second kappa shape index (κ2) is 5.54. The van der Waals surface area contributed by atoms with Crippen molar-refractivity contribution >= 4 is 22.4 Å². The number of fused-ring (bicyclic) bond motifs is 1. The molecule has 2 aromatic carbocycles. The van der Waals surface area contributed by atoms with Crippen LogP contribution in [0.25, 0.3) is 10.8 Å². The average molecular weight is 242 g/mol. The summed E-state index contributed by atoms with van der Waals surface area (Å²) in [7, 11) is 0. The highest BCUT2D eigenvalue weighted by atomic mass is 16.2. The molecule has 0 bridgehead atoms. The van der Waals surface area contributed by atoms with Gasteiger partial charge in [-0.1, -0.05) is 36.4 Å². The molecule has 0 aliphatic heterocycles. The minimum absolute atomic E-state index is 0.0189. The third-order valence-electron chi connectivity index (χ3n) is 2.91. The molecule has 0 radical (unpaired) electrons. The van der Waals surface area contributed by atoms with E-state index >= 15 is 0 Å². The van der Waals surface area contributed by atoms with Crippen LogP contribution >= 0.6 is 0 Å². The molecule has 0 saturated heterocycles. The zero-order chi connectivity index (χ0) is 13.0. The van der Waals surface area contributed by atoms with E-state index in [2.05, 4.69) is 28.8 Å². The molecule has 2 N–H and O–H groups in total. The van der Waals surface area contributed by atoms with Crippen LogP contribution in [0.4, 0.5) is 5.69 Å². The van der Waals surface area contributed by atoms with Crippen molar-refractivity contribution in [1.82, 2.24) is 5.32 Å². The molecular weight excluding hydrogens is 224 g/mol. The van der Waals surface area contributed by atoms with Crippen molar-refractivity contribution in [2.75, 3.05) is 11.9 Å². The van der Waals surface area contributed by atoms with Gasteiger partial charge in [0.1, 0.15) is 6.04 Å². The van der Waals surface area contributed by atoms with Gasteiger partial charge in [-0.3, -0.25) is 4.79 Å². The molecule has 3 heteroatoms. The number of benzene rings is 2. The van der Waals surface area contributed by atoms with E-state index in [1.54, 1.807) is 0 Å². The quantitative estimate of drug-likeness (QED) is 0.865. The molecule has 0 spiro atoms. The van der Waals surface area contributed by atoms with Crippen molar-refractivity contribution in [3.8, 4) is 0 Å². The lowest BCUT2D eigenvalue weighted by atomic mass is 10.1. The Morgan fingerprint density at radius 3 is 2.67 bits per heavy atom. The number of likely N-dealkylation sites (N-methyl/N-ethyl adjacent to an activating group) is 1. The summed E-state index contributed by atoms with van der Waals surface area (Å²) >= 11 is 0. The number of carbonyl (C=O) groups is 1. The van der Waals surface area contributed by atoms with Crippen molar-refractivity contribution in [2.24, 2.45) is 0 Å². The SMILES string of the molecule is CCNC(=O)[C@H](C)Nc1cccc2ccccc12. The maximum Gasteiger partial charge on any atom is 0.242 e. The number of hydrogen-bond acceptors (Lipinski definition) is 2. The molecule has 0 saturated carbocycles. The standard InChI is InChI=1S/C15H18N2O/c1-3-16-15(18)11(2)17-14-10-6-8-12-7-4-5-9-13(12)14/h4-11,17H,3H2,1-2H3,(H,16,18)/t11-/m0/s1. The van der Waals surface area contributed by atoms with Gasteiger partial charge >= 0.3 is 0 Å². The summed E-state index contributed by atoms with van der Waals surface area (Å²) in [6.07, 6.45) is 0. The van der Waals surface area contributed by atoms with E-state index in [0.29, 0.717) is 6.54 Å². The van der Waals surface area contributed by atoms with Crippen LogP contribution in [-0.4, -0.2) is 18.5 Å². The first kappa shape index (κ1) is 12.4. The number of nitrogens with one attached hydrogen (secondary N) is 2. The van der Waals surface area contributed by atoms with E-state index in [1.807, 2.05) is 38.1 Å². The van der Waals surface area contributed by atoms with Gasteiger partial charge in [-0.2, -0.15) is 0 Å². The minimum atomic E-state index is -0.240. The van der Waals surface area contributed by atoms with Crippen LogP contribution in [0.5, 0.6) is 0 Å². The van der Waals surface area contributed by atoms with Crippen molar-refractivity contribution < 1.29 is 4.79 Å². The Balaban J connectivity index is 2.24. The van der Waals surface area contributed by atoms with Crippen LogP contribution in [0.3, 0.4) is 0 Å². The molecule has 0 fully saturated rings. The summed E-state index contributed by atoms with van der Waals surface area (Å²) in [5.41, 5.74) is 0.992. The number of rotatable bonds is 4. The number of hydrogen-bond donors (Lipinski definition) is 2. The minimum Gasteiger partial charge on any atom is -0.373 e. The fourth-order valence-electron chi connectivity index (χ4n) is 1.98. The van der Waals surface area contributed by atoms with Gasteiger partial charge in [0.05, 0.1) is 0 Å². The van der Waals surface area contributed by atoms with E-state index in [4.69, 9.17) is 0 Å². The molecule has 2 aromatic rings. The zero-order valence-electron chi connectivity index (χ0n) is 10.7. The molecule has 94 valence electrons. The first-order valence-electron chi connectivity index (χ1n) is 6.24. The van der Waals surface area contributed by atoms with E-state index in [9.17, 15) is 4.79 Å². The fraction of sp³-hybridized carbons (Fsp3) is 0.267. The average Bonchev–Trinajstić information content (AvgIpc) is 2.39. The summed E-state index contributed by atoms with van der Waals surface area (Å²) in [5.74, 6) is 0.0189. The van der Waals surface area contributed by atoms with Gasteiger partial charge in [0.2, 0.25) is 5.91 Å². The van der Waals surface area contributed by atoms with Gasteiger partial charge in [-0.15, -0.1) is 0 Å². The maximum absolute atomic E-state index is 11.7. The third-order valence-corrected chi connectivity index (χ3v) is 2.91. The molecule has 18 heavy (non-hydrogen) atoms. The molecule has 1 amide bonds. The molecular formula is C15H18N2O. The van der Waals surface area contributed by atoms with Gasteiger partial charge in [0.15, 0.2) is 0 Å². The van der Waals surface area contributed by atoms with Gasteiger partial charge in [-0.05, 0) is 25.3 Å². The predicted molar refractivity (Wildman–Crippen MR) is 75.7 cm³/mol. The smallest absolute Gasteiger partial charge is 0.242 e. The Bertz CT molecular complexity index is 546. The summed E-state index contributed by atoms with van der Waals surface area (Å²) in [6.45, 7) is 4.44. The lowest BCUT2D eigenvalue weighted by Crippen LogP contribution is -2.37. The highest BCUT2D eigenvalue weighted by Crippen LogP contribution is 2.23. The number of carbonyl (C=O) groups excluding carboxylic acids is 1. The zero-order valence-corrected chi connectivity index (χ0v) is 10.7. The largest absolute Gasteiger partial charge is 0.373 e. The Kier molecular flexibility index (Phi) is 3.82. The van der Waals surface area contributed by atoms with Gasteiger partial charge < -0.3 is 10.6 Å². The Morgan fingerprint density at radius 2 is 1.89 bits per heavy atom. The van der Waals surface area contributed by atoms with Crippen molar-refractivity contribution in [3.63, 3.8) is 0 Å². The lowest BCUT2D eigenvalue weighted by molar-refractivity contribution is -0.121. The Hall–Kier alpha value is -2.03. The summed E-state index contributed by atoms with van der Waals surface area (Å²) < 4.78 is 0. The van der Waals surface area contributed by atoms with Crippen LogP contribution in [0, 0.1) is 0 Å². The highest BCUT2D eigenvalue weighted by molar-refractivity contribution is 5.95. The third kappa shape index (κ3) is 2.62. The topological polar surface area (TPSA) is 41.1 Å². The number of amides is 1. The molecule has 0 heterocycles. The number of anilines is 1. The molecule has 3 nitrogen and oxygen atoms in total. The Labute approximate surface area is 107 Å². The monoisotopic (exact) mass is 242 g/mol. The van der Waals surface area contributed by atoms with Gasteiger partial charge in [0.25, 0.3) is 0 Å². The molecule has 1 atom stereocenters. The van der Waals surface area contributed by atoms with Gasteiger partial charge in [-0.25, -0.2) is 0 Å². The fourth-order valence-corrected chi connectivity index (χ4v) is 1.98. The molecule has 2 rings (SSSR count). The van der Waals surface area contributed by atoms with Crippen LogP contribution in [0.2, 0.25) is 0 Å². The first-order chi connectivity index (χ1) is 8.72. The highest BCUT2D eigenvalue weighted by Gasteiger charge is 2.12. The van der Waals surface area contributed by atoms with Gasteiger partial charge in [0, 0.05) is 17.6 Å². The lowest BCUT2D eigenvalue weighted by Gasteiger charge is -2.16. The predicted octanol–water partition coefficient (Wildman–Crippen LogP) is 2.78. The van der Waals surface area contributed by atoms with Crippen LogP contribution in [0.1, 0.15) is 13.8 Å². The second-order valence-electron chi connectivity index (χ2n) is 4.29. The first-order valence-corrected chi connectivity index (χ1v) is 6.24. The summed E-state index contributed by atoms with van der Waals surface area (Å²) in [6, 6.07) is 14.0. The van der Waals surface area contributed by atoms with Crippen molar-refractivity contribution in [2.45, 2.75) is 19.9 Å². The van der Waals surface area contributed by atoms with E-state index in [-0.39, 0.29) is 11.9 Å². The van der Waals surface area contributed by atoms with Crippen molar-refractivity contribution in [1.29, 1.82) is 0 Å². The molecule has 0 aliphatic carbocycles. The summed E-state index contributed by atoms with van der Waals surface area (Å²) in [4.78, 5) is 11.7. The van der Waals surface area contributed by atoms with Crippen molar-refractivity contribution in [3.05, 3.63) is 42.5 Å². The van der Waals surface area contributed by atoms with Crippen LogP contribution < -0.4 is 10.6 Å². The van der Waals surface area contributed by atoms with Crippen LogP contribution in [0.15, 0.2) is 42.5 Å². The second-order valence-corrected chi connectivity index (χ2v) is 4.29. The van der Waals surface area contributed by atoms with Crippen LogP contribution in [-0.2, 0) is 4.79 Å². The summed E-state index contributed by atoms with van der Waals surface area (Å²) in [5, 5.41) is 8.38.